The van der Waals surface area contributed by atoms with Crippen LogP contribution in [0.2, 0.25) is 0 Å². The molecule has 0 aromatic heterocycles. The molecule has 0 radical (unpaired) electrons. The second-order valence-electron chi connectivity index (χ2n) is 8.13. The van der Waals surface area contributed by atoms with Crippen molar-refractivity contribution in [2.75, 3.05) is 6.61 Å². The maximum Gasteiger partial charge on any atom is 0.342 e. The molecule has 2 aromatic carbocycles. The quantitative estimate of drug-likeness (QED) is 0.306. The molecule has 3 rings (SSSR count). The summed E-state index contributed by atoms with van der Waals surface area (Å²) in [5.41, 5.74) is 3.10. The van der Waals surface area contributed by atoms with Gasteiger partial charge >= 0.3 is 5.97 Å². The lowest BCUT2D eigenvalue weighted by molar-refractivity contribution is -0.139. The number of allylic oxidation sites excluding steroid dienone is 2. The Hall–Kier alpha value is -2.79. The van der Waals surface area contributed by atoms with Crippen LogP contribution in [0.5, 0.6) is 5.75 Å². The first-order chi connectivity index (χ1) is 15.1. The van der Waals surface area contributed by atoms with Gasteiger partial charge < -0.3 is 9.84 Å². The van der Waals surface area contributed by atoms with E-state index in [2.05, 4.69) is 38.1 Å². The highest BCUT2D eigenvalue weighted by atomic mass is 32.2. The van der Waals surface area contributed by atoms with Crippen molar-refractivity contribution in [2.24, 2.45) is 0 Å². The van der Waals surface area contributed by atoms with Crippen molar-refractivity contribution in [3.8, 4) is 5.75 Å². The molecule has 2 aromatic rings. The number of aromatic hydroxyl groups is 1. The number of phenols is 1. The molecule has 0 unspecified atom stereocenters. The number of Topliss-reactive ketones (excluding diaryl/α,β-unsaturated/α-hetero) is 1. The molecular weight excluding hydrogens is 420 g/mol. The number of carbonyl (C=O) groups excluding carboxylic acids is 2. The van der Waals surface area contributed by atoms with E-state index in [9.17, 15) is 14.7 Å². The minimum atomic E-state index is -0.580. The summed E-state index contributed by atoms with van der Waals surface area (Å²) in [6.07, 6.45) is 1.69. The van der Waals surface area contributed by atoms with Gasteiger partial charge in [-0.3, -0.25) is 4.79 Å². The average molecular weight is 453 g/mol. The summed E-state index contributed by atoms with van der Waals surface area (Å²) in [5.74, 6) is 0.187. The number of thioether (sulfide) groups is 1. The van der Waals surface area contributed by atoms with Crippen molar-refractivity contribution >= 4 is 29.6 Å². The zero-order chi connectivity index (χ0) is 23.8. The summed E-state index contributed by atoms with van der Waals surface area (Å²) < 4.78 is 4.93. The minimum absolute atomic E-state index is 0.103. The molecule has 1 aliphatic heterocycles. The van der Waals surface area contributed by atoms with E-state index >= 15 is 0 Å². The topological polar surface area (TPSA) is 63.6 Å². The largest absolute Gasteiger partial charge is 0.508 e. The monoisotopic (exact) mass is 452 g/mol. The van der Waals surface area contributed by atoms with Gasteiger partial charge in [0.15, 0.2) is 0 Å². The number of benzene rings is 2. The lowest BCUT2D eigenvalue weighted by Gasteiger charge is -2.08. The molecule has 4 nitrogen and oxygen atoms in total. The fraction of sp³-hybridized carbons (Fsp3) is 0.333. The summed E-state index contributed by atoms with van der Waals surface area (Å²) >= 11 is 1.26. The fourth-order valence-electron chi connectivity index (χ4n) is 3.21. The van der Waals surface area contributed by atoms with Crippen LogP contribution in [0.1, 0.15) is 70.1 Å². The third-order valence-corrected chi connectivity index (χ3v) is 6.02. The zero-order valence-corrected chi connectivity index (χ0v) is 20.5. The van der Waals surface area contributed by atoms with E-state index in [0.29, 0.717) is 15.7 Å². The molecule has 0 bridgehead atoms. The molecule has 0 saturated carbocycles. The number of ketones is 1. The van der Waals surface area contributed by atoms with Crippen LogP contribution in [0.15, 0.2) is 63.9 Å². The Kier molecular flexibility index (Phi) is 9.33. The predicted octanol–water partition coefficient (Wildman–Crippen LogP) is 6.82. The van der Waals surface area contributed by atoms with E-state index in [1.165, 1.54) is 17.3 Å². The molecular formula is C27H32O4S. The van der Waals surface area contributed by atoms with Crippen molar-refractivity contribution in [3.05, 3.63) is 80.6 Å². The molecule has 32 heavy (non-hydrogen) atoms. The number of esters is 1. The number of hydrogen-bond donors (Lipinski definition) is 1. The summed E-state index contributed by atoms with van der Waals surface area (Å²) in [7, 11) is 0. The Morgan fingerprint density at radius 2 is 1.72 bits per heavy atom. The van der Waals surface area contributed by atoms with Gasteiger partial charge in [0.25, 0.3) is 0 Å². The number of phenolic OH excluding ortho intramolecular Hbond substituents is 1. The third-order valence-electron chi connectivity index (χ3n) is 4.99. The van der Waals surface area contributed by atoms with Gasteiger partial charge in [-0.15, -0.1) is 0 Å². The average Bonchev–Trinajstić information content (AvgIpc) is 3.02. The van der Waals surface area contributed by atoms with Crippen molar-refractivity contribution in [2.45, 2.75) is 53.4 Å². The van der Waals surface area contributed by atoms with Gasteiger partial charge in [-0.2, -0.15) is 0 Å². The lowest BCUT2D eigenvalue weighted by atomic mass is 10.00. The highest BCUT2D eigenvalue weighted by Crippen LogP contribution is 2.40. The van der Waals surface area contributed by atoms with Gasteiger partial charge in [0.1, 0.15) is 11.3 Å². The summed E-state index contributed by atoms with van der Waals surface area (Å²) in [5, 5.41) is 10.1. The lowest BCUT2D eigenvalue weighted by Crippen LogP contribution is -2.14. The predicted molar refractivity (Wildman–Crippen MR) is 133 cm³/mol. The highest BCUT2D eigenvalue weighted by Gasteiger charge is 2.32. The van der Waals surface area contributed by atoms with Crippen LogP contribution in [-0.2, 0) is 14.3 Å². The first kappa shape index (κ1) is 25.5. The number of carbonyl (C=O) groups is 2. The van der Waals surface area contributed by atoms with Crippen LogP contribution in [-0.4, -0.2) is 23.5 Å². The summed E-state index contributed by atoms with van der Waals surface area (Å²) in [4.78, 5) is 25.3. The van der Waals surface area contributed by atoms with Crippen molar-refractivity contribution in [3.63, 3.8) is 0 Å². The smallest absolute Gasteiger partial charge is 0.342 e. The SMILES string of the molecule is CC(C)c1ccccc1.CCOC(=O)C1=C(C)S/C(=C\c2ccc(C(C)C)c(O)c2)C1=O. The Bertz CT molecular complexity index is 1020. The van der Waals surface area contributed by atoms with Crippen LogP contribution in [0.25, 0.3) is 6.08 Å². The molecule has 0 atom stereocenters. The molecule has 0 amide bonds. The number of hydrogen-bond acceptors (Lipinski definition) is 5. The molecule has 5 heteroatoms. The van der Waals surface area contributed by atoms with E-state index in [4.69, 9.17) is 4.74 Å². The van der Waals surface area contributed by atoms with Crippen molar-refractivity contribution in [1.29, 1.82) is 0 Å². The zero-order valence-electron chi connectivity index (χ0n) is 19.6. The molecule has 1 aliphatic rings. The maximum atomic E-state index is 12.4. The number of rotatable bonds is 5. The molecule has 0 saturated heterocycles. The number of ether oxygens (including phenoxy) is 1. The van der Waals surface area contributed by atoms with Gasteiger partial charge in [0.2, 0.25) is 5.78 Å². The van der Waals surface area contributed by atoms with E-state index < -0.39 is 5.97 Å². The highest BCUT2D eigenvalue weighted by molar-refractivity contribution is 8.08. The normalized spacial score (nSPS) is 14.8. The first-order valence-electron chi connectivity index (χ1n) is 10.9. The van der Waals surface area contributed by atoms with Crippen molar-refractivity contribution in [1.82, 2.24) is 0 Å². The van der Waals surface area contributed by atoms with E-state index in [-0.39, 0.29) is 29.6 Å². The van der Waals surface area contributed by atoms with Crippen LogP contribution in [0.3, 0.4) is 0 Å². The summed E-state index contributed by atoms with van der Waals surface area (Å²) in [6.45, 7) is 12.1. The fourth-order valence-corrected chi connectivity index (χ4v) is 4.21. The first-order valence-corrected chi connectivity index (χ1v) is 11.7. The Morgan fingerprint density at radius 3 is 2.22 bits per heavy atom. The van der Waals surface area contributed by atoms with Crippen molar-refractivity contribution < 1.29 is 19.4 Å². The molecule has 1 heterocycles. The van der Waals surface area contributed by atoms with Gasteiger partial charge in [0.05, 0.1) is 11.5 Å². The minimum Gasteiger partial charge on any atom is -0.508 e. The standard InChI is InChI=1S/C18H20O4S.C9H12/c1-5-22-18(21)16-11(4)23-15(17(16)20)9-12-6-7-13(10(2)3)14(19)8-12;1-8(2)9-6-4-3-5-7-9/h6-10,19H,5H2,1-4H3;3-8H,1-2H3/b15-9-;. The molecule has 170 valence electrons. The molecule has 0 spiro atoms. The molecule has 0 fully saturated rings. The second-order valence-corrected chi connectivity index (χ2v) is 9.39. The Labute approximate surface area is 195 Å². The maximum absolute atomic E-state index is 12.4. The van der Waals surface area contributed by atoms with Gasteiger partial charge in [-0.05, 0) is 54.5 Å². The molecule has 1 N–H and O–H groups in total. The van der Waals surface area contributed by atoms with Gasteiger partial charge in [-0.25, -0.2) is 4.79 Å². The van der Waals surface area contributed by atoms with Crippen LogP contribution >= 0.6 is 11.8 Å². The summed E-state index contributed by atoms with van der Waals surface area (Å²) in [6, 6.07) is 15.9. The molecule has 0 aliphatic carbocycles. The van der Waals surface area contributed by atoms with E-state index in [1.54, 1.807) is 26.0 Å². The van der Waals surface area contributed by atoms with Gasteiger partial charge in [-0.1, -0.05) is 81.9 Å². The third kappa shape index (κ3) is 6.60. The Morgan fingerprint density at radius 1 is 1.06 bits per heavy atom. The van der Waals surface area contributed by atoms with Crippen LogP contribution in [0.4, 0.5) is 0 Å². The Balaban J connectivity index is 0.000000336. The van der Waals surface area contributed by atoms with E-state index in [1.807, 2.05) is 32.0 Å². The van der Waals surface area contributed by atoms with E-state index in [0.717, 1.165) is 11.1 Å². The van der Waals surface area contributed by atoms with Gasteiger partial charge in [0, 0.05) is 4.91 Å². The second kappa shape index (κ2) is 11.7. The van der Waals surface area contributed by atoms with Crippen LogP contribution in [0, 0.1) is 0 Å². The van der Waals surface area contributed by atoms with Crippen LogP contribution < -0.4 is 0 Å².